The molecule has 2 atom stereocenters. The van der Waals surface area contributed by atoms with Gasteiger partial charge in [-0.25, -0.2) is 9.78 Å². The summed E-state index contributed by atoms with van der Waals surface area (Å²) in [6, 6.07) is 1.49. The van der Waals surface area contributed by atoms with E-state index in [1.54, 1.807) is 0 Å². The molecule has 1 aromatic heterocycles. The zero-order valence-electron chi connectivity index (χ0n) is 13.5. The molecule has 11 heteroatoms. The fourth-order valence-corrected chi connectivity index (χ4v) is 2.62. The molecule has 5 nitrogen and oxygen atoms in total. The Labute approximate surface area is 145 Å². The normalized spacial score (nSPS) is 20.7. The van der Waals surface area contributed by atoms with E-state index in [4.69, 9.17) is 0 Å². The van der Waals surface area contributed by atoms with Crippen LogP contribution in [0.25, 0.3) is 0 Å². The van der Waals surface area contributed by atoms with Crippen molar-refractivity contribution in [2.24, 2.45) is 5.92 Å². The number of hydrogen-bond donors (Lipinski definition) is 2. The molecule has 2 rings (SSSR count). The molecule has 1 fully saturated rings. The standard InChI is InChI=1S/C15H17F6N3O2/c16-14(17,18)8-26-12-5-9(3-4-22-12)7-23-13(25)24-11-2-1-10(6-11)15(19,20)21/h3-5,10-11H,1-2,6-8H2,(H2,23,24,25)/t10-,11+/m1/s1. The van der Waals surface area contributed by atoms with E-state index in [1.807, 2.05) is 0 Å². The average molecular weight is 385 g/mol. The summed E-state index contributed by atoms with van der Waals surface area (Å²) in [4.78, 5) is 15.4. The van der Waals surface area contributed by atoms with Crippen molar-refractivity contribution in [1.29, 1.82) is 0 Å². The molecule has 1 heterocycles. The highest BCUT2D eigenvalue weighted by atomic mass is 19.4. The molecule has 0 unspecified atom stereocenters. The third kappa shape index (κ3) is 6.60. The van der Waals surface area contributed by atoms with Gasteiger partial charge in [0.25, 0.3) is 0 Å². The van der Waals surface area contributed by atoms with Gasteiger partial charge < -0.3 is 15.4 Å². The first kappa shape index (κ1) is 20.1. The van der Waals surface area contributed by atoms with Crippen molar-refractivity contribution in [1.82, 2.24) is 15.6 Å². The van der Waals surface area contributed by atoms with Crippen molar-refractivity contribution in [3.8, 4) is 5.88 Å². The Balaban J connectivity index is 1.77. The highest BCUT2D eigenvalue weighted by Crippen LogP contribution is 2.38. The quantitative estimate of drug-likeness (QED) is 0.762. The summed E-state index contributed by atoms with van der Waals surface area (Å²) in [5.74, 6) is -1.66. The van der Waals surface area contributed by atoms with Crippen LogP contribution in [0.3, 0.4) is 0 Å². The lowest BCUT2D eigenvalue weighted by atomic mass is 10.1. The molecule has 146 valence electrons. The highest BCUT2D eigenvalue weighted by Gasteiger charge is 2.44. The van der Waals surface area contributed by atoms with Crippen LogP contribution < -0.4 is 15.4 Å². The van der Waals surface area contributed by atoms with Crippen molar-refractivity contribution in [3.05, 3.63) is 23.9 Å². The molecule has 1 saturated carbocycles. The van der Waals surface area contributed by atoms with Crippen LogP contribution in [0.4, 0.5) is 31.1 Å². The summed E-state index contributed by atoms with van der Waals surface area (Å²) in [5, 5.41) is 4.91. The van der Waals surface area contributed by atoms with Crippen LogP contribution in [-0.2, 0) is 6.54 Å². The minimum Gasteiger partial charge on any atom is -0.468 e. The maximum atomic E-state index is 12.6. The third-order valence-corrected chi connectivity index (χ3v) is 3.87. The number of nitrogens with zero attached hydrogens (tertiary/aromatic N) is 1. The van der Waals surface area contributed by atoms with Crippen LogP contribution >= 0.6 is 0 Å². The average Bonchev–Trinajstić information content (AvgIpc) is 2.99. The van der Waals surface area contributed by atoms with E-state index in [0.29, 0.717) is 5.56 Å². The number of aromatic nitrogens is 1. The summed E-state index contributed by atoms with van der Waals surface area (Å²) in [6.45, 7) is -1.52. The predicted octanol–water partition coefficient (Wildman–Crippen LogP) is 3.55. The Kier molecular flexibility index (Phi) is 6.19. The van der Waals surface area contributed by atoms with Gasteiger partial charge >= 0.3 is 18.4 Å². The SMILES string of the molecule is O=C(NCc1ccnc(OCC(F)(F)F)c1)N[C@H]1CC[C@@H](C(F)(F)F)C1. The number of hydrogen-bond acceptors (Lipinski definition) is 3. The molecule has 1 aliphatic rings. The molecule has 0 bridgehead atoms. The van der Waals surface area contributed by atoms with E-state index in [-0.39, 0.29) is 31.7 Å². The number of pyridine rings is 1. The maximum Gasteiger partial charge on any atom is 0.422 e. The van der Waals surface area contributed by atoms with Crippen molar-refractivity contribution < 1.29 is 35.9 Å². The van der Waals surface area contributed by atoms with Crippen LogP contribution in [0.1, 0.15) is 24.8 Å². The first-order valence-corrected chi connectivity index (χ1v) is 7.78. The number of nitrogens with one attached hydrogen (secondary N) is 2. The smallest absolute Gasteiger partial charge is 0.422 e. The summed E-state index contributed by atoms with van der Waals surface area (Å²) in [5.41, 5.74) is 0.437. The topological polar surface area (TPSA) is 63.2 Å². The van der Waals surface area contributed by atoms with Crippen molar-refractivity contribution in [3.63, 3.8) is 0 Å². The molecule has 2 N–H and O–H groups in total. The minimum atomic E-state index is -4.49. The molecule has 26 heavy (non-hydrogen) atoms. The maximum absolute atomic E-state index is 12.6. The summed E-state index contributed by atoms with van der Waals surface area (Å²) < 4.78 is 78.6. The van der Waals surface area contributed by atoms with Crippen LogP contribution in [0.5, 0.6) is 5.88 Å². The monoisotopic (exact) mass is 385 g/mol. The van der Waals surface area contributed by atoms with Gasteiger partial charge in [-0.05, 0) is 30.9 Å². The second-order valence-electron chi connectivity index (χ2n) is 5.98. The van der Waals surface area contributed by atoms with Gasteiger partial charge in [0, 0.05) is 24.8 Å². The minimum absolute atomic E-state index is 0.0291. The van der Waals surface area contributed by atoms with E-state index < -0.39 is 37.0 Å². The van der Waals surface area contributed by atoms with Gasteiger partial charge in [-0.1, -0.05) is 0 Å². The molecular weight excluding hydrogens is 368 g/mol. The van der Waals surface area contributed by atoms with E-state index in [1.165, 1.54) is 18.3 Å². The largest absolute Gasteiger partial charge is 0.468 e. The molecule has 0 radical (unpaired) electrons. The zero-order chi connectivity index (χ0) is 19.4. The third-order valence-electron chi connectivity index (χ3n) is 3.87. The van der Waals surface area contributed by atoms with Crippen LogP contribution in [0, 0.1) is 5.92 Å². The van der Waals surface area contributed by atoms with E-state index in [9.17, 15) is 31.1 Å². The number of ether oxygens (including phenoxy) is 1. The van der Waals surface area contributed by atoms with Crippen LogP contribution in [0.15, 0.2) is 18.3 Å². The fraction of sp³-hybridized carbons (Fsp3) is 0.600. The van der Waals surface area contributed by atoms with Crippen molar-refractivity contribution in [2.75, 3.05) is 6.61 Å². The molecule has 2 amide bonds. The Bertz CT molecular complexity index is 620. The van der Waals surface area contributed by atoms with Gasteiger partial charge in [-0.15, -0.1) is 0 Å². The lowest BCUT2D eigenvalue weighted by Crippen LogP contribution is -2.41. The number of rotatable bonds is 5. The Hall–Kier alpha value is -2.20. The molecule has 1 aliphatic carbocycles. The number of carbonyl (C=O) groups excluding carboxylic acids is 1. The van der Waals surface area contributed by atoms with E-state index >= 15 is 0 Å². The summed E-state index contributed by atoms with van der Waals surface area (Å²) in [7, 11) is 0. The highest BCUT2D eigenvalue weighted by molar-refractivity contribution is 5.74. The van der Waals surface area contributed by atoms with Gasteiger partial charge in [0.15, 0.2) is 6.61 Å². The molecule has 0 spiro atoms. The summed E-state index contributed by atoms with van der Waals surface area (Å²) in [6.07, 6.45) is -7.49. The first-order valence-electron chi connectivity index (χ1n) is 7.78. The lowest BCUT2D eigenvalue weighted by Gasteiger charge is -2.16. The van der Waals surface area contributed by atoms with Gasteiger partial charge in [0.05, 0.1) is 5.92 Å². The summed E-state index contributed by atoms with van der Waals surface area (Å²) >= 11 is 0. The van der Waals surface area contributed by atoms with Crippen molar-refractivity contribution >= 4 is 6.03 Å². The van der Waals surface area contributed by atoms with Crippen molar-refractivity contribution in [2.45, 2.75) is 44.2 Å². The molecule has 0 aromatic carbocycles. The van der Waals surface area contributed by atoms with Gasteiger partial charge in [0.1, 0.15) is 0 Å². The molecule has 1 aromatic rings. The first-order chi connectivity index (χ1) is 12.0. The van der Waals surface area contributed by atoms with Crippen LogP contribution in [-0.4, -0.2) is 36.0 Å². The molecule has 0 aliphatic heterocycles. The van der Waals surface area contributed by atoms with Gasteiger partial charge in [0.2, 0.25) is 5.88 Å². The zero-order valence-corrected chi connectivity index (χ0v) is 13.5. The number of carbonyl (C=O) groups is 1. The molecule has 0 saturated heterocycles. The second-order valence-corrected chi connectivity index (χ2v) is 5.98. The van der Waals surface area contributed by atoms with E-state index in [2.05, 4.69) is 20.4 Å². The lowest BCUT2D eigenvalue weighted by molar-refractivity contribution is -0.172. The Morgan fingerprint density at radius 3 is 2.58 bits per heavy atom. The van der Waals surface area contributed by atoms with Gasteiger partial charge in [-0.3, -0.25) is 0 Å². The second kappa shape index (κ2) is 8.00. The number of alkyl halides is 6. The number of halogens is 6. The van der Waals surface area contributed by atoms with E-state index in [0.717, 1.165) is 0 Å². The predicted molar refractivity (Wildman–Crippen MR) is 78.3 cm³/mol. The number of amides is 2. The van der Waals surface area contributed by atoms with Gasteiger partial charge in [-0.2, -0.15) is 26.3 Å². The van der Waals surface area contributed by atoms with Crippen LogP contribution in [0.2, 0.25) is 0 Å². The Morgan fingerprint density at radius 1 is 1.23 bits per heavy atom. The number of urea groups is 1. The molecular formula is C15H17F6N3O2. The fourth-order valence-electron chi connectivity index (χ4n) is 2.62. The Morgan fingerprint density at radius 2 is 1.96 bits per heavy atom.